The molecule has 0 atom stereocenters. The summed E-state index contributed by atoms with van der Waals surface area (Å²) in [6.45, 7) is 3.74. The molecule has 0 spiro atoms. The highest BCUT2D eigenvalue weighted by atomic mass is 35.5. The minimum atomic E-state index is -0.372. The molecule has 0 bridgehead atoms. The molecule has 0 aromatic heterocycles. The molecule has 80 valence electrons. The molecule has 0 aliphatic rings. The first kappa shape index (κ1) is 11.6. The van der Waals surface area contributed by atoms with E-state index < -0.39 is 0 Å². The van der Waals surface area contributed by atoms with Crippen molar-refractivity contribution in [3.05, 3.63) is 41.4 Å². The molecule has 0 saturated carbocycles. The fourth-order valence-corrected chi connectivity index (χ4v) is 1.02. The van der Waals surface area contributed by atoms with Gasteiger partial charge in [-0.1, -0.05) is 18.2 Å². The summed E-state index contributed by atoms with van der Waals surface area (Å²) in [7, 11) is 1.34. The van der Waals surface area contributed by atoms with E-state index in [4.69, 9.17) is 16.3 Å². The number of carbonyl (C=O) groups excluding carboxylic acids is 1. The predicted molar refractivity (Wildman–Crippen MR) is 58.3 cm³/mol. The SMILES string of the molecule is C=C(Cl)COc1ccc(C(=O)OC)cc1. The zero-order valence-corrected chi connectivity index (χ0v) is 9.08. The van der Waals surface area contributed by atoms with E-state index in [0.717, 1.165) is 0 Å². The Labute approximate surface area is 93.3 Å². The normalized spacial score (nSPS) is 9.47. The van der Waals surface area contributed by atoms with E-state index in [9.17, 15) is 4.79 Å². The van der Waals surface area contributed by atoms with Crippen molar-refractivity contribution in [2.75, 3.05) is 13.7 Å². The molecule has 15 heavy (non-hydrogen) atoms. The van der Waals surface area contributed by atoms with Crippen molar-refractivity contribution in [2.45, 2.75) is 0 Å². The second-order valence-corrected chi connectivity index (χ2v) is 3.36. The fraction of sp³-hybridized carbons (Fsp3) is 0.182. The van der Waals surface area contributed by atoms with Crippen molar-refractivity contribution in [2.24, 2.45) is 0 Å². The minimum absolute atomic E-state index is 0.249. The highest BCUT2D eigenvalue weighted by Crippen LogP contribution is 2.14. The minimum Gasteiger partial charge on any atom is -0.488 e. The number of hydrogen-bond donors (Lipinski definition) is 0. The van der Waals surface area contributed by atoms with Crippen LogP contribution >= 0.6 is 11.6 Å². The molecule has 3 nitrogen and oxygen atoms in total. The van der Waals surface area contributed by atoms with Gasteiger partial charge in [-0.05, 0) is 24.3 Å². The van der Waals surface area contributed by atoms with Gasteiger partial charge in [-0.2, -0.15) is 0 Å². The van der Waals surface area contributed by atoms with Gasteiger partial charge in [0, 0.05) is 5.03 Å². The summed E-state index contributed by atoms with van der Waals surface area (Å²) < 4.78 is 9.81. The van der Waals surface area contributed by atoms with Gasteiger partial charge in [-0.3, -0.25) is 0 Å². The topological polar surface area (TPSA) is 35.5 Å². The number of rotatable bonds is 4. The average Bonchev–Trinajstić information content (AvgIpc) is 2.26. The maximum atomic E-state index is 11.1. The number of carbonyl (C=O) groups is 1. The zero-order valence-electron chi connectivity index (χ0n) is 8.33. The average molecular weight is 227 g/mol. The second kappa shape index (κ2) is 5.41. The van der Waals surface area contributed by atoms with E-state index in [1.54, 1.807) is 24.3 Å². The van der Waals surface area contributed by atoms with Crippen LogP contribution in [0.4, 0.5) is 0 Å². The van der Waals surface area contributed by atoms with Crippen LogP contribution in [0.1, 0.15) is 10.4 Å². The van der Waals surface area contributed by atoms with Crippen LogP contribution in [-0.4, -0.2) is 19.7 Å². The van der Waals surface area contributed by atoms with E-state index >= 15 is 0 Å². The number of ether oxygens (including phenoxy) is 2. The van der Waals surface area contributed by atoms with Crippen LogP contribution in [-0.2, 0) is 4.74 Å². The molecule has 0 radical (unpaired) electrons. The van der Waals surface area contributed by atoms with Gasteiger partial charge in [0.25, 0.3) is 0 Å². The molecular weight excluding hydrogens is 216 g/mol. The monoisotopic (exact) mass is 226 g/mol. The van der Waals surface area contributed by atoms with Crippen LogP contribution in [0.15, 0.2) is 35.9 Å². The highest BCUT2D eigenvalue weighted by molar-refractivity contribution is 6.29. The Kier molecular flexibility index (Phi) is 4.18. The van der Waals surface area contributed by atoms with E-state index in [0.29, 0.717) is 16.3 Å². The molecule has 0 aliphatic carbocycles. The predicted octanol–water partition coefficient (Wildman–Crippen LogP) is 2.60. The molecule has 0 amide bonds. The quantitative estimate of drug-likeness (QED) is 0.741. The van der Waals surface area contributed by atoms with Crippen LogP contribution in [0.3, 0.4) is 0 Å². The number of hydrogen-bond acceptors (Lipinski definition) is 3. The van der Waals surface area contributed by atoms with Crippen molar-refractivity contribution in [3.8, 4) is 5.75 Å². The summed E-state index contributed by atoms with van der Waals surface area (Å²) in [5.74, 6) is 0.257. The third kappa shape index (κ3) is 3.64. The van der Waals surface area contributed by atoms with Gasteiger partial charge in [0.1, 0.15) is 12.4 Å². The molecular formula is C11H11ClO3. The van der Waals surface area contributed by atoms with Crippen molar-refractivity contribution < 1.29 is 14.3 Å². The van der Waals surface area contributed by atoms with Gasteiger partial charge in [0.2, 0.25) is 0 Å². The molecule has 4 heteroatoms. The van der Waals surface area contributed by atoms with Gasteiger partial charge in [0.05, 0.1) is 12.7 Å². The molecule has 0 heterocycles. The standard InChI is InChI=1S/C11H11ClO3/c1-8(12)7-15-10-5-3-9(4-6-10)11(13)14-2/h3-6H,1,7H2,2H3. The molecule has 0 aliphatic heterocycles. The lowest BCUT2D eigenvalue weighted by Crippen LogP contribution is -2.01. The molecule has 0 unspecified atom stereocenters. The number of halogens is 1. The summed E-state index contributed by atoms with van der Waals surface area (Å²) in [6.07, 6.45) is 0. The van der Waals surface area contributed by atoms with Crippen molar-refractivity contribution in [3.63, 3.8) is 0 Å². The van der Waals surface area contributed by atoms with Crippen molar-refractivity contribution >= 4 is 17.6 Å². The first-order valence-corrected chi connectivity index (χ1v) is 4.65. The summed E-state index contributed by atoms with van der Waals surface area (Å²) in [6, 6.07) is 6.59. The Bertz CT molecular complexity index is 357. The Hall–Kier alpha value is -1.48. The summed E-state index contributed by atoms with van der Waals surface area (Å²) in [5.41, 5.74) is 0.481. The molecule has 0 saturated heterocycles. The summed E-state index contributed by atoms with van der Waals surface area (Å²) in [5, 5.41) is 0.423. The van der Waals surface area contributed by atoms with E-state index in [-0.39, 0.29) is 12.6 Å². The molecule has 0 fully saturated rings. The van der Waals surface area contributed by atoms with E-state index in [2.05, 4.69) is 11.3 Å². The third-order valence-electron chi connectivity index (χ3n) is 1.67. The maximum Gasteiger partial charge on any atom is 0.337 e. The Morgan fingerprint density at radius 3 is 2.47 bits per heavy atom. The molecule has 1 aromatic rings. The van der Waals surface area contributed by atoms with Gasteiger partial charge in [0.15, 0.2) is 0 Å². The Morgan fingerprint density at radius 2 is 2.00 bits per heavy atom. The lowest BCUT2D eigenvalue weighted by molar-refractivity contribution is 0.0600. The highest BCUT2D eigenvalue weighted by Gasteiger charge is 2.04. The Balaban J connectivity index is 2.64. The van der Waals surface area contributed by atoms with Gasteiger partial charge in [-0.15, -0.1) is 0 Å². The van der Waals surface area contributed by atoms with Crippen LogP contribution < -0.4 is 4.74 Å². The van der Waals surface area contributed by atoms with Crippen molar-refractivity contribution in [1.29, 1.82) is 0 Å². The van der Waals surface area contributed by atoms with Crippen LogP contribution in [0.2, 0.25) is 0 Å². The first-order chi connectivity index (χ1) is 7.13. The smallest absolute Gasteiger partial charge is 0.337 e. The maximum absolute atomic E-state index is 11.1. The number of esters is 1. The second-order valence-electron chi connectivity index (χ2n) is 2.82. The summed E-state index contributed by atoms with van der Waals surface area (Å²) >= 11 is 5.54. The first-order valence-electron chi connectivity index (χ1n) is 4.28. The largest absolute Gasteiger partial charge is 0.488 e. The third-order valence-corrected chi connectivity index (χ3v) is 1.78. The number of methoxy groups -OCH3 is 1. The van der Waals surface area contributed by atoms with Gasteiger partial charge in [-0.25, -0.2) is 4.79 Å². The van der Waals surface area contributed by atoms with Gasteiger partial charge < -0.3 is 9.47 Å². The summed E-state index contributed by atoms with van der Waals surface area (Å²) in [4.78, 5) is 11.1. The zero-order chi connectivity index (χ0) is 11.3. The molecule has 0 N–H and O–H groups in total. The van der Waals surface area contributed by atoms with E-state index in [1.165, 1.54) is 7.11 Å². The lowest BCUT2D eigenvalue weighted by Gasteiger charge is -2.05. The van der Waals surface area contributed by atoms with Crippen LogP contribution in [0.25, 0.3) is 0 Å². The molecule has 1 aromatic carbocycles. The van der Waals surface area contributed by atoms with Gasteiger partial charge >= 0.3 is 5.97 Å². The Morgan fingerprint density at radius 1 is 1.40 bits per heavy atom. The fourth-order valence-electron chi connectivity index (χ4n) is 0.967. The van der Waals surface area contributed by atoms with Crippen LogP contribution in [0.5, 0.6) is 5.75 Å². The van der Waals surface area contributed by atoms with Crippen molar-refractivity contribution in [1.82, 2.24) is 0 Å². The number of benzene rings is 1. The van der Waals surface area contributed by atoms with Crippen LogP contribution in [0, 0.1) is 0 Å². The lowest BCUT2D eigenvalue weighted by atomic mass is 10.2. The van der Waals surface area contributed by atoms with E-state index in [1.807, 2.05) is 0 Å². The molecule has 1 rings (SSSR count).